The number of fused-ring (bicyclic) bond motifs is 2. The second kappa shape index (κ2) is 5.68. The first-order chi connectivity index (χ1) is 10.1. The maximum absolute atomic E-state index is 12.1. The lowest BCUT2D eigenvalue weighted by Crippen LogP contribution is -2.39. The number of hydrogen-bond acceptors (Lipinski definition) is 3. The van der Waals surface area contributed by atoms with Gasteiger partial charge in [0.2, 0.25) is 0 Å². The minimum absolute atomic E-state index is 0.111. The van der Waals surface area contributed by atoms with Crippen LogP contribution in [0.15, 0.2) is 24.3 Å². The molecule has 0 spiro atoms. The van der Waals surface area contributed by atoms with Gasteiger partial charge in [-0.2, -0.15) is 0 Å². The Kier molecular flexibility index (Phi) is 3.89. The van der Waals surface area contributed by atoms with Crippen LogP contribution in [0.4, 0.5) is 0 Å². The fourth-order valence-corrected chi connectivity index (χ4v) is 3.98. The van der Waals surface area contributed by atoms with Gasteiger partial charge in [-0.3, -0.25) is 4.79 Å². The third-order valence-corrected chi connectivity index (χ3v) is 5.12. The van der Waals surface area contributed by atoms with Gasteiger partial charge in [-0.05, 0) is 62.1 Å². The lowest BCUT2D eigenvalue weighted by molar-refractivity contribution is -0.0195. The van der Waals surface area contributed by atoms with Crippen LogP contribution in [-0.4, -0.2) is 30.3 Å². The molecule has 3 atom stereocenters. The monoisotopic (exact) mass is 289 g/mol. The molecule has 0 heterocycles. The first-order valence-corrected chi connectivity index (χ1v) is 7.75. The first-order valence-electron chi connectivity index (χ1n) is 7.75. The molecule has 0 unspecified atom stereocenters. The van der Waals surface area contributed by atoms with Gasteiger partial charge in [-0.25, -0.2) is 0 Å². The van der Waals surface area contributed by atoms with Crippen LogP contribution >= 0.6 is 0 Å². The highest BCUT2D eigenvalue weighted by atomic mass is 16.5. The molecule has 2 N–H and O–H groups in total. The summed E-state index contributed by atoms with van der Waals surface area (Å²) in [4.78, 5) is 12.1. The number of ether oxygens (including phenoxy) is 1. The minimum Gasteiger partial charge on any atom is -0.497 e. The molecule has 0 aromatic heterocycles. The first kappa shape index (κ1) is 14.4. The van der Waals surface area contributed by atoms with Crippen LogP contribution in [0.2, 0.25) is 0 Å². The third-order valence-electron chi connectivity index (χ3n) is 5.12. The van der Waals surface area contributed by atoms with Gasteiger partial charge in [0.1, 0.15) is 5.75 Å². The Hall–Kier alpha value is -1.55. The molecule has 2 aliphatic carbocycles. The zero-order valence-electron chi connectivity index (χ0n) is 12.5. The summed E-state index contributed by atoms with van der Waals surface area (Å²) < 4.78 is 5.12. The van der Waals surface area contributed by atoms with Crippen LogP contribution in [0.5, 0.6) is 5.75 Å². The number of carbonyl (C=O) groups excluding carboxylic acids is 1. The Morgan fingerprint density at radius 2 is 2.33 bits per heavy atom. The van der Waals surface area contributed by atoms with Crippen LogP contribution in [0.1, 0.15) is 42.5 Å². The Morgan fingerprint density at radius 1 is 1.48 bits per heavy atom. The SMILES string of the molecule is COc1cccc(C(=O)NCC[C@@]2(O)C[C@H]3CC[C@H]2C3)c1. The topological polar surface area (TPSA) is 58.6 Å². The van der Waals surface area contributed by atoms with Gasteiger partial charge < -0.3 is 15.2 Å². The van der Waals surface area contributed by atoms with Crippen molar-refractivity contribution in [3.63, 3.8) is 0 Å². The summed E-state index contributed by atoms with van der Waals surface area (Å²) in [5.41, 5.74) is 0.0409. The quantitative estimate of drug-likeness (QED) is 0.875. The van der Waals surface area contributed by atoms with Crippen LogP contribution in [0.3, 0.4) is 0 Å². The lowest BCUT2D eigenvalue weighted by atomic mass is 9.82. The van der Waals surface area contributed by atoms with Crippen molar-refractivity contribution in [3.8, 4) is 5.75 Å². The van der Waals surface area contributed by atoms with Crippen molar-refractivity contribution in [1.82, 2.24) is 5.32 Å². The Bertz CT molecular complexity index is 531. The normalized spacial score (nSPS) is 30.4. The Balaban J connectivity index is 1.52. The number of methoxy groups -OCH3 is 1. The molecule has 0 aliphatic heterocycles. The number of aliphatic hydroxyl groups is 1. The van der Waals surface area contributed by atoms with E-state index in [0.29, 0.717) is 36.1 Å². The minimum atomic E-state index is -0.551. The number of rotatable bonds is 5. The van der Waals surface area contributed by atoms with Gasteiger partial charge in [-0.15, -0.1) is 0 Å². The van der Waals surface area contributed by atoms with E-state index in [-0.39, 0.29) is 5.91 Å². The number of benzene rings is 1. The van der Waals surface area contributed by atoms with Crippen molar-refractivity contribution in [2.75, 3.05) is 13.7 Å². The molecule has 2 aliphatic rings. The molecule has 2 bridgehead atoms. The van der Waals surface area contributed by atoms with Gasteiger partial charge in [0.15, 0.2) is 0 Å². The number of carbonyl (C=O) groups is 1. The molecule has 4 nitrogen and oxygen atoms in total. The summed E-state index contributed by atoms with van der Waals surface area (Å²) in [5, 5.41) is 13.6. The van der Waals surface area contributed by atoms with Crippen molar-refractivity contribution in [1.29, 1.82) is 0 Å². The van der Waals surface area contributed by atoms with Gasteiger partial charge >= 0.3 is 0 Å². The standard InChI is InChI=1S/C17H23NO3/c1-21-15-4-2-3-13(10-15)16(19)18-8-7-17(20)11-12-5-6-14(17)9-12/h2-4,10,12,14,20H,5-9,11H2,1H3,(H,18,19)/t12-,14-,17+/m0/s1. The number of hydrogen-bond donors (Lipinski definition) is 2. The summed E-state index contributed by atoms with van der Waals surface area (Å²) >= 11 is 0. The van der Waals surface area contributed by atoms with E-state index in [1.165, 1.54) is 12.8 Å². The fourth-order valence-electron chi connectivity index (χ4n) is 3.98. The molecular formula is C17H23NO3. The predicted molar refractivity (Wildman–Crippen MR) is 80.3 cm³/mol. The summed E-state index contributed by atoms with van der Waals surface area (Å²) in [7, 11) is 1.58. The van der Waals surface area contributed by atoms with Gasteiger partial charge in [0.25, 0.3) is 5.91 Å². The maximum Gasteiger partial charge on any atom is 0.251 e. The van der Waals surface area contributed by atoms with Crippen LogP contribution in [0.25, 0.3) is 0 Å². The molecule has 2 fully saturated rings. The van der Waals surface area contributed by atoms with E-state index < -0.39 is 5.60 Å². The molecule has 114 valence electrons. The average molecular weight is 289 g/mol. The van der Waals surface area contributed by atoms with E-state index in [9.17, 15) is 9.90 Å². The highest BCUT2D eigenvalue weighted by Crippen LogP contribution is 2.51. The van der Waals surface area contributed by atoms with Gasteiger partial charge in [0.05, 0.1) is 12.7 Å². The maximum atomic E-state index is 12.1. The molecular weight excluding hydrogens is 266 g/mol. The molecule has 0 radical (unpaired) electrons. The molecule has 1 aromatic rings. The summed E-state index contributed by atoms with van der Waals surface area (Å²) in [5.74, 6) is 1.71. The van der Waals surface area contributed by atoms with Gasteiger partial charge in [-0.1, -0.05) is 6.07 Å². The predicted octanol–water partition coefficient (Wildman–Crippen LogP) is 2.37. The van der Waals surface area contributed by atoms with Crippen molar-refractivity contribution in [2.45, 2.75) is 37.7 Å². The van der Waals surface area contributed by atoms with E-state index in [4.69, 9.17) is 4.74 Å². The van der Waals surface area contributed by atoms with E-state index in [0.717, 1.165) is 12.8 Å². The van der Waals surface area contributed by atoms with Crippen LogP contribution in [0, 0.1) is 11.8 Å². The van der Waals surface area contributed by atoms with E-state index in [2.05, 4.69) is 5.32 Å². The highest BCUT2D eigenvalue weighted by molar-refractivity contribution is 5.94. The molecule has 3 rings (SSSR count). The fraction of sp³-hybridized carbons (Fsp3) is 0.588. The molecule has 2 saturated carbocycles. The number of amides is 1. The molecule has 1 amide bonds. The largest absolute Gasteiger partial charge is 0.497 e. The van der Waals surface area contributed by atoms with E-state index in [1.54, 1.807) is 25.3 Å². The average Bonchev–Trinajstić information content (AvgIpc) is 3.07. The molecule has 1 aromatic carbocycles. The van der Waals surface area contributed by atoms with Crippen LogP contribution in [-0.2, 0) is 0 Å². The third kappa shape index (κ3) is 2.91. The summed E-state index contributed by atoms with van der Waals surface area (Å²) in [6.45, 7) is 0.524. The molecule has 4 heteroatoms. The zero-order chi connectivity index (χ0) is 14.9. The molecule has 21 heavy (non-hydrogen) atoms. The van der Waals surface area contributed by atoms with Crippen molar-refractivity contribution in [2.24, 2.45) is 11.8 Å². The van der Waals surface area contributed by atoms with Gasteiger partial charge in [0, 0.05) is 12.1 Å². The zero-order valence-corrected chi connectivity index (χ0v) is 12.5. The summed E-state index contributed by atoms with van der Waals surface area (Å²) in [6.07, 6.45) is 5.14. The van der Waals surface area contributed by atoms with E-state index >= 15 is 0 Å². The Labute approximate surface area is 125 Å². The molecule has 0 saturated heterocycles. The smallest absolute Gasteiger partial charge is 0.251 e. The van der Waals surface area contributed by atoms with Crippen molar-refractivity contribution < 1.29 is 14.6 Å². The van der Waals surface area contributed by atoms with Crippen LogP contribution < -0.4 is 10.1 Å². The Morgan fingerprint density at radius 3 is 3.00 bits per heavy atom. The second-order valence-electron chi connectivity index (χ2n) is 6.42. The van der Waals surface area contributed by atoms with Crippen molar-refractivity contribution >= 4 is 5.91 Å². The van der Waals surface area contributed by atoms with E-state index in [1.807, 2.05) is 6.07 Å². The highest BCUT2D eigenvalue weighted by Gasteiger charge is 2.49. The summed E-state index contributed by atoms with van der Waals surface area (Å²) in [6, 6.07) is 7.11. The van der Waals surface area contributed by atoms with Crippen molar-refractivity contribution in [3.05, 3.63) is 29.8 Å². The second-order valence-corrected chi connectivity index (χ2v) is 6.42. The number of nitrogens with one attached hydrogen (secondary N) is 1. The lowest BCUT2D eigenvalue weighted by Gasteiger charge is -2.32.